The van der Waals surface area contributed by atoms with E-state index < -0.39 is 76.1 Å². The number of hydrazine groups is 1. The van der Waals surface area contributed by atoms with E-state index in [1.54, 1.807) is 26.1 Å². The molecule has 10 nitrogen and oxygen atoms in total. The van der Waals surface area contributed by atoms with Crippen LogP contribution >= 0.6 is 11.6 Å². The average molecular weight is 584 g/mol. The van der Waals surface area contributed by atoms with E-state index in [1.165, 1.54) is 0 Å². The smallest absolute Gasteiger partial charge is 0.356 e. The molecule has 0 bridgehead atoms. The summed E-state index contributed by atoms with van der Waals surface area (Å²) in [5.41, 5.74) is -1.29. The number of halogens is 5. The molecule has 1 saturated carbocycles. The van der Waals surface area contributed by atoms with Crippen molar-refractivity contribution < 1.29 is 41.5 Å². The summed E-state index contributed by atoms with van der Waals surface area (Å²) in [4.78, 5) is 64.4. The lowest BCUT2D eigenvalue weighted by Crippen LogP contribution is -2.60. The number of carbonyl (C=O) groups is 5. The van der Waals surface area contributed by atoms with Crippen molar-refractivity contribution in [3.63, 3.8) is 0 Å². The Kier molecular flexibility index (Phi) is 8.50. The Morgan fingerprint density at radius 1 is 1.21 bits per heavy atom. The van der Waals surface area contributed by atoms with Gasteiger partial charge < -0.3 is 15.5 Å². The maximum Gasteiger partial charge on any atom is 0.471 e. The Hall–Kier alpha value is -2.64. The topological polar surface area (TPSA) is 128 Å². The van der Waals surface area contributed by atoms with Crippen molar-refractivity contribution in [1.82, 2.24) is 26.0 Å². The lowest BCUT2D eigenvalue weighted by Gasteiger charge is -2.36. The number of fused-ring (bicyclic) bond motifs is 1. The van der Waals surface area contributed by atoms with Crippen LogP contribution in [0.1, 0.15) is 47.5 Å². The van der Waals surface area contributed by atoms with Gasteiger partial charge in [-0.05, 0) is 35.5 Å². The summed E-state index contributed by atoms with van der Waals surface area (Å²) in [5, 5.41) is 4.95. The Morgan fingerprint density at radius 2 is 1.82 bits per heavy atom. The first-order chi connectivity index (χ1) is 17.8. The standard InChI is InChI=1S/C24H34ClF4N5O5/c1-22(2,3)8-13(31-21(39)24(27,28)29)19(37)33-10-12-14(23(12,4)5)15(33)18(36)32-34(20(38)16(25)26)9-11-6-7-30-17(11)35/h11-16H,6-10H2,1-5H3,(H,30,35)(H,31,39)(H,32,36)/t11-,12-,13?,14-,15-,16?/m0/s1. The van der Waals surface area contributed by atoms with Gasteiger partial charge in [-0.1, -0.05) is 46.2 Å². The van der Waals surface area contributed by atoms with Crippen molar-refractivity contribution in [2.24, 2.45) is 28.6 Å². The summed E-state index contributed by atoms with van der Waals surface area (Å²) in [7, 11) is 0. The molecule has 3 fully saturated rings. The maximum absolute atomic E-state index is 13.8. The Morgan fingerprint density at radius 3 is 2.31 bits per heavy atom. The molecule has 0 radical (unpaired) electrons. The number of nitrogens with one attached hydrogen (secondary N) is 3. The zero-order chi connectivity index (χ0) is 29.7. The summed E-state index contributed by atoms with van der Waals surface area (Å²) in [6.45, 7) is 8.79. The first kappa shape index (κ1) is 30.9. The van der Waals surface area contributed by atoms with E-state index in [-0.39, 0.29) is 25.4 Å². The van der Waals surface area contributed by atoms with Crippen LogP contribution in [-0.4, -0.2) is 83.0 Å². The van der Waals surface area contributed by atoms with Gasteiger partial charge in [0.25, 0.3) is 17.4 Å². The van der Waals surface area contributed by atoms with Crippen molar-refractivity contribution in [2.45, 2.75) is 71.4 Å². The van der Waals surface area contributed by atoms with Crippen LogP contribution in [-0.2, 0) is 24.0 Å². The van der Waals surface area contributed by atoms with Gasteiger partial charge in [-0.25, -0.2) is 9.40 Å². The molecule has 3 N–H and O–H groups in total. The second-order valence-electron chi connectivity index (χ2n) is 12.2. The lowest BCUT2D eigenvalue weighted by molar-refractivity contribution is -0.175. The lowest BCUT2D eigenvalue weighted by atomic mass is 9.87. The van der Waals surface area contributed by atoms with Crippen molar-refractivity contribution in [3.8, 4) is 0 Å². The second kappa shape index (κ2) is 10.7. The van der Waals surface area contributed by atoms with Gasteiger partial charge in [0.15, 0.2) is 0 Å². The predicted octanol–water partition coefficient (Wildman–Crippen LogP) is 1.48. The highest BCUT2D eigenvalue weighted by Gasteiger charge is 2.69. The fraction of sp³-hybridized carbons (Fsp3) is 0.792. The molecule has 15 heteroatoms. The largest absolute Gasteiger partial charge is 0.471 e. The number of nitrogens with zero attached hydrogens (tertiary/aromatic N) is 2. The van der Waals surface area contributed by atoms with E-state index in [0.717, 1.165) is 4.90 Å². The normalized spacial score (nSPS) is 27.2. The molecule has 2 heterocycles. The number of alkyl halides is 5. The van der Waals surface area contributed by atoms with E-state index >= 15 is 0 Å². The molecule has 6 atom stereocenters. The minimum absolute atomic E-state index is 0.0390. The molecule has 3 rings (SSSR count). The number of hydrogen-bond acceptors (Lipinski definition) is 5. The molecule has 2 unspecified atom stereocenters. The maximum atomic E-state index is 13.8. The van der Waals surface area contributed by atoms with E-state index in [2.05, 4.69) is 10.7 Å². The fourth-order valence-corrected chi connectivity index (χ4v) is 5.73. The van der Waals surface area contributed by atoms with Gasteiger partial charge >= 0.3 is 12.1 Å². The van der Waals surface area contributed by atoms with Crippen molar-refractivity contribution in [1.29, 1.82) is 0 Å². The molecule has 0 aromatic rings. The first-order valence-corrected chi connectivity index (χ1v) is 13.0. The van der Waals surface area contributed by atoms with E-state index in [0.29, 0.717) is 18.0 Å². The van der Waals surface area contributed by atoms with E-state index in [1.807, 2.05) is 13.8 Å². The zero-order valence-corrected chi connectivity index (χ0v) is 23.1. The number of amides is 5. The van der Waals surface area contributed by atoms with E-state index in [4.69, 9.17) is 11.6 Å². The van der Waals surface area contributed by atoms with Gasteiger partial charge in [0.2, 0.25) is 11.8 Å². The Balaban J connectivity index is 1.87. The number of likely N-dealkylation sites (tertiary alicyclic amines) is 1. The average Bonchev–Trinajstić information content (AvgIpc) is 3.15. The van der Waals surface area contributed by atoms with Gasteiger partial charge in [-0.2, -0.15) is 13.2 Å². The molecule has 0 spiro atoms. The fourth-order valence-electron chi connectivity index (χ4n) is 5.61. The molecule has 220 valence electrons. The monoisotopic (exact) mass is 583 g/mol. The Bertz CT molecular complexity index is 1030. The quantitative estimate of drug-likeness (QED) is 0.238. The zero-order valence-electron chi connectivity index (χ0n) is 22.3. The van der Waals surface area contributed by atoms with Crippen LogP contribution in [0.5, 0.6) is 0 Å². The molecular weight excluding hydrogens is 550 g/mol. The molecule has 3 aliphatic rings. The SMILES string of the molecule is CC(C)(C)CC(NC(=O)C(F)(F)F)C(=O)N1C[C@H]2[C@@H]([C@H]1C(=O)NN(C[C@@H]1CCNC1=O)C(=O)C(F)Cl)C2(C)C. The highest BCUT2D eigenvalue weighted by Crippen LogP contribution is 2.65. The number of rotatable bonds is 7. The summed E-state index contributed by atoms with van der Waals surface area (Å²) < 4.78 is 52.9. The molecular formula is C24H34ClF4N5O5. The number of piperidine rings is 1. The number of carbonyl (C=O) groups excluding carboxylic acids is 5. The van der Waals surface area contributed by atoms with Gasteiger partial charge in [0, 0.05) is 13.1 Å². The molecule has 0 aromatic heterocycles. The van der Waals surface area contributed by atoms with Gasteiger partial charge in [-0.3, -0.25) is 29.4 Å². The first-order valence-electron chi connectivity index (χ1n) is 12.6. The van der Waals surface area contributed by atoms with Crippen LogP contribution in [0.3, 0.4) is 0 Å². The van der Waals surface area contributed by atoms with Crippen LogP contribution in [0.15, 0.2) is 0 Å². The third kappa shape index (κ3) is 6.75. The van der Waals surface area contributed by atoms with E-state index in [9.17, 15) is 41.5 Å². The van der Waals surface area contributed by atoms with Crippen molar-refractivity contribution in [2.75, 3.05) is 19.6 Å². The summed E-state index contributed by atoms with van der Waals surface area (Å²) in [6, 6.07) is -2.79. The van der Waals surface area contributed by atoms with Crippen molar-refractivity contribution in [3.05, 3.63) is 0 Å². The molecule has 2 aliphatic heterocycles. The number of hydrogen-bond donors (Lipinski definition) is 3. The predicted molar refractivity (Wildman–Crippen MR) is 130 cm³/mol. The minimum atomic E-state index is -5.22. The third-order valence-corrected chi connectivity index (χ3v) is 7.89. The molecule has 1 aliphatic carbocycles. The summed E-state index contributed by atoms with van der Waals surface area (Å²) in [5.74, 6) is -7.03. The van der Waals surface area contributed by atoms with Gasteiger partial charge in [0.1, 0.15) is 12.1 Å². The summed E-state index contributed by atoms with van der Waals surface area (Å²) in [6.07, 6.45) is -5.04. The van der Waals surface area contributed by atoms with Crippen LogP contribution in [0.2, 0.25) is 0 Å². The van der Waals surface area contributed by atoms with Crippen LogP contribution in [0.25, 0.3) is 0 Å². The van der Waals surface area contributed by atoms with Gasteiger partial charge in [0.05, 0.1) is 12.5 Å². The molecule has 39 heavy (non-hydrogen) atoms. The molecule has 5 amide bonds. The van der Waals surface area contributed by atoms with Crippen LogP contribution in [0, 0.1) is 28.6 Å². The minimum Gasteiger partial charge on any atom is -0.356 e. The van der Waals surface area contributed by atoms with Crippen LogP contribution < -0.4 is 16.1 Å². The van der Waals surface area contributed by atoms with Crippen molar-refractivity contribution >= 4 is 41.1 Å². The van der Waals surface area contributed by atoms with Crippen LogP contribution in [0.4, 0.5) is 17.6 Å². The summed E-state index contributed by atoms with van der Waals surface area (Å²) >= 11 is 5.33. The molecule has 2 saturated heterocycles. The van der Waals surface area contributed by atoms with Gasteiger partial charge in [-0.15, -0.1) is 0 Å². The second-order valence-corrected chi connectivity index (χ2v) is 12.6. The highest BCUT2D eigenvalue weighted by molar-refractivity contribution is 6.29. The Labute approximate surface area is 228 Å². The highest BCUT2D eigenvalue weighted by atomic mass is 35.5. The molecule has 0 aromatic carbocycles. The third-order valence-electron chi connectivity index (χ3n) is 7.70.